The summed E-state index contributed by atoms with van der Waals surface area (Å²) in [5.74, 6) is 0. The van der Waals surface area contributed by atoms with Crippen LogP contribution in [0, 0.1) is 0 Å². The van der Waals surface area contributed by atoms with Crippen molar-refractivity contribution in [1.82, 2.24) is 4.65 Å². The summed E-state index contributed by atoms with van der Waals surface area (Å²) in [7, 11) is 3.84. The molecule has 1 rings (SSSR count). The van der Waals surface area contributed by atoms with Crippen molar-refractivity contribution in [3.63, 3.8) is 0 Å². The van der Waals surface area contributed by atoms with Crippen LogP contribution in [0.5, 0.6) is 0 Å². The smallest absolute Gasteiger partial charge is 0.171 e. The van der Waals surface area contributed by atoms with E-state index in [1.165, 1.54) is 5.19 Å². The highest BCUT2D eigenvalue weighted by Crippen LogP contribution is 1.78. The maximum Gasteiger partial charge on any atom is 0.171 e. The molecular weight excluding hydrogens is 142 g/mol. The molecule has 0 saturated heterocycles. The number of hydrogen-bond acceptors (Lipinski definition) is 1. The van der Waals surface area contributed by atoms with Crippen molar-refractivity contribution in [2.75, 3.05) is 0 Å². The lowest BCUT2D eigenvalue weighted by Gasteiger charge is -1.93. The summed E-state index contributed by atoms with van der Waals surface area (Å²) in [6.07, 6.45) is 0. The molecule has 0 unspecified atom stereocenters. The van der Waals surface area contributed by atoms with Gasteiger partial charge in [-0.25, -0.2) is 0 Å². The van der Waals surface area contributed by atoms with E-state index in [1.54, 1.807) is 0 Å². The zero-order valence-electron chi connectivity index (χ0n) is 4.89. The van der Waals surface area contributed by atoms with Crippen LogP contribution in [0.15, 0.2) is 30.3 Å². The Labute approximate surface area is 60.9 Å². The molecule has 5 radical (unpaired) electrons. The summed E-state index contributed by atoms with van der Waals surface area (Å²) in [5, 5.41) is 1.31. The molecule has 1 aromatic rings. The summed E-state index contributed by atoms with van der Waals surface area (Å²) in [4.78, 5) is 0. The van der Waals surface area contributed by atoms with Gasteiger partial charge < -0.3 is 4.65 Å². The standard InChI is InChI=1S/C6H6NSi2/c8-7-9-6-4-2-1-3-5-6/h1-5,7H. The Balaban J connectivity index is 2.61. The van der Waals surface area contributed by atoms with Crippen molar-refractivity contribution in [3.8, 4) is 0 Å². The van der Waals surface area contributed by atoms with Gasteiger partial charge in [0.2, 0.25) is 0 Å². The van der Waals surface area contributed by atoms with Crippen molar-refractivity contribution >= 4 is 25.3 Å². The zero-order chi connectivity index (χ0) is 6.53. The summed E-state index contributed by atoms with van der Waals surface area (Å²) in [6.45, 7) is 0. The lowest BCUT2D eigenvalue weighted by molar-refractivity contribution is 1.62. The normalized spacial score (nSPS) is 9.44. The SMILES string of the molecule is [Si]N[Si]c1ccccc1. The third-order valence-electron chi connectivity index (χ3n) is 0.981. The largest absolute Gasteiger partial charge is 0.361 e. The van der Waals surface area contributed by atoms with E-state index in [0.717, 1.165) is 0 Å². The molecule has 0 aromatic heterocycles. The Morgan fingerprint density at radius 2 is 1.89 bits per heavy atom. The predicted molar refractivity (Wildman–Crippen MR) is 40.7 cm³/mol. The number of rotatable bonds is 2. The van der Waals surface area contributed by atoms with Crippen molar-refractivity contribution in [3.05, 3.63) is 30.3 Å². The van der Waals surface area contributed by atoms with Gasteiger partial charge in [0.05, 0.1) is 0 Å². The summed E-state index contributed by atoms with van der Waals surface area (Å²) < 4.78 is 2.92. The van der Waals surface area contributed by atoms with Gasteiger partial charge in [-0.15, -0.1) is 0 Å². The predicted octanol–water partition coefficient (Wildman–Crippen LogP) is -0.396. The average Bonchev–Trinajstić information content (AvgIpc) is 1.91. The molecule has 43 valence electrons. The molecule has 0 saturated carbocycles. The number of hydrogen-bond donors (Lipinski definition) is 1. The highest BCUT2D eigenvalue weighted by molar-refractivity contribution is 6.56. The van der Waals surface area contributed by atoms with E-state index in [-0.39, 0.29) is 0 Å². The second-order valence-electron chi connectivity index (χ2n) is 1.62. The fraction of sp³-hybridized carbons (Fsp3) is 0. The molecule has 1 N–H and O–H groups in total. The molecule has 9 heavy (non-hydrogen) atoms. The Morgan fingerprint density at radius 3 is 2.44 bits per heavy atom. The fourth-order valence-corrected chi connectivity index (χ4v) is 1.53. The summed E-state index contributed by atoms with van der Waals surface area (Å²) in [5.41, 5.74) is 0. The molecule has 3 heteroatoms. The van der Waals surface area contributed by atoms with Gasteiger partial charge >= 0.3 is 0 Å². The van der Waals surface area contributed by atoms with E-state index in [1.807, 2.05) is 18.2 Å². The van der Waals surface area contributed by atoms with Crippen LogP contribution in [0.25, 0.3) is 0 Å². The molecule has 1 nitrogen and oxygen atoms in total. The molecule has 0 bridgehead atoms. The third-order valence-corrected chi connectivity index (χ3v) is 2.10. The Bertz CT molecular complexity index is 164. The van der Waals surface area contributed by atoms with Crippen LogP contribution in [0.2, 0.25) is 0 Å². The molecular formula is C6H6NSi2. The third kappa shape index (κ3) is 2.13. The van der Waals surface area contributed by atoms with Gasteiger partial charge in [-0.05, 0) is 5.19 Å². The highest BCUT2D eigenvalue weighted by atomic mass is 28.3. The molecule has 0 aliphatic heterocycles. The lowest BCUT2D eigenvalue weighted by atomic mass is 10.4. The highest BCUT2D eigenvalue weighted by Gasteiger charge is 1.86. The van der Waals surface area contributed by atoms with Crippen LogP contribution in [-0.4, -0.2) is 20.1 Å². The fourth-order valence-electron chi connectivity index (χ4n) is 0.594. The Kier molecular flexibility index (Phi) is 2.69. The average molecular weight is 148 g/mol. The number of benzene rings is 1. The summed E-state index contributed by atoms with van der Waals surface area (Å²) in [6, 6.07) is 10.3. The van der Waals surface area contributed by atoms with Crippen molar-refractivity contribution in [2.24, 2.45) is 0 Å². The van der Waals surface area contributed by atoms with E-state index in [0.29, 0.717) is 9.68 Å². The van der Waals surface area contributed by atoms with Crippen LogP contribution in [0.4, 0.5) is 0 Å². The molecule has 1 aromatic carbocycles. The zero-order valence-corrected chi connectivity index (χ0v) is 6.89. The van der Waals surface area contributed by atoms with Gasteiger partial charge in [0, 0.05) is 0 Å². The van der Waals surface area contributed by atoms with E-state index in [9.17, 15) is 0 Å². The van der Waals surface area contributed by atoms with Crippen LogP contribution in [0.3, 0.4) is 0 Å². The van der Waals surface area contributed by atoms with Gasteiger partial charge in [0.15, 0.2) is 9.68 Å². The summed E-state index contributed by atoms with van der Waals surface area (Å²) >= 11 is 0. The van der Waals surface area contributed by atoms with Crippen LogP contribution in [-0.2, 0) is 0 Å². The van der Waals surface area contributed by atoms with Crippen LogP contribution in [0.1, 0.15) is 0 Å². The van der Waals surface area contributed by atoms with Crippen molar-refractivity contribution in [1.29, 1.82) is 0 Å². The Morgan fingerprint density at radius 1 is 1.22 bits per heavy atom. The van der Waals surface area contributed by atoms with Crippen LogP contribution >= 0.6 is 0 Å². The molecule has 0 heterocycles. The second kappa shape index (κ2) is 3.60. The minimum absolute atomic E-state index is 0.651. The monoisotopic (exact) mass is 148 g/mol. The number of nitrogens with one attached hydrogen (secondary N) is 1. The minimum Gasteiger partial charge on any atom is -0.361 e. The van der Waals surface area contributed by atoms with E-state index < -0.39 is 0 Å². The second-order valence-corrected chi connectivity index (χ2v) is 3.44. The van der Waals surface area contributed by atoms with Gasteiger partial charge in [0.1, 0.15) is 10.4 Å². The van der Waals surface area contributed by atoms with Crippen molar-refractivity contribution in [2.45, 2.75) is 0 Å². The Hall–Kier alpha value is -0.386. The van der Waals surface area contributed by atoms with E-state index in [4.69, 9.17) is 0 Å². The van der Waals surface area contributed by atoms with Crippen LogP contribution < -0.4 is 9.83 Å². The molecule has 0 spiro atoms. The molecule has 0 fully saturated rings. The first-order valence-corrected chi connectivity index (χ1v) is 4.16. The molecule has 0 amide bonds. The minimum atomic E-state index is 0.651. The molecule has 0 aliphatic carbocycles. The first-order chi connectivity index (χ1) is 4.43. The van der Waals surface area contributed by atoms with E-state index >= 15 is 0 Å². The molecule has 0 atom stereocenters. The first-order valence-electron chi connectivity index (χ1n) is 2.66. The first kappa shape index (κ1) is 6.73. The maximum atomic E-state index is 3.19. The van der Waals surface area contributed by atoms with Gasteiger partial charge in [-0.1, -0.05) is 30.3 Å². The lowest BCUT2D eigenvalue weighted by Crippen LogP contribution is -2.27. The van der Waals surface area contributed by atoms with Gasteiger partial charge in [-0.2, -0.15) is 0 Å². The van der Waals surface area contributed by atoms with E-state index in [2.05, 4.69) is 27.2 Å². The van der Waals surface area contributed by atoms with Gasteiger partial charge in [-0.3, -0.25) is 0 Å². The van der Waals surface area contributed by atoms with Gasteiger partial charge in [0.25, 0.3) is 0 Å². The molecule has 0 aliphatic rings. The topological polar surface area (TPSA) is 12.0 Å². The maximum absolute atomic E-state index is 3.19. The van der Waals surface area contributed by atoms with Crippen molar-refractivity contribution < 1.29 is 0 Å². The quantitative estimate of drug-likeness (QED) is 0.563.